The molecule has 0 bridgehead atoms. The summed E-state index contributed by atoms with van der Waals surface area (Å²) in [6.45, 7) is 2.87. The molecule has 3 rings (SSSR count). The number of hydrogen-bond donors (Lipinski definition) is 0. The molecule has 2 heterocycles. The number of esters is 1. The number of benzene rings is 1. The second kappa shape index (κ2) is 7.76. The lowest BCUT2D eigenvalue weighted by Gasteiger charge is -2.32. The van der Waals surface area contributed by atoms with Gasteiger partial charge in [0.1, 0.15) is 11.6 Å². The Morgan fingerprint density at radius 1 is 1.22 bits per heavy atom. The Bertz CT molecular complexity index is 817. The molecule has 0 spiro atoms. The van der Waals surface area contributed by atoms with Crippen LogP contribution in [0.4, 0.5) is 19.0 Å². The average Bonchev–Trinajstić information content (AvgIpc) is 2.63. The number of carbonyl (C=O) groups excluding carboxylic acids is 1. The zero-order valence-corrected chi connectivity index (χ0v) is 15.3. The van der Waals surface area contributed by atoms with Crippen molar-refractivity contribution >= 4 is 23.4 Å². The van der Waals surface area contributed by atoms with Gasteiger partial charge in [0.25, 0.3) is 0 Å². The van der Waals surface area contributed by atoms with E-state index >= 15 is 0 Å². The van der Waals surface area contributed by atoms with Gasteiger partial charge >= 0.3 is 12.1 Å². The largest absolute Gasteiger partial charge is 0.426 e. The normalized spacial score (nSPS) is 15.7. The number of alkyl halides is 3. The third kappa shape index (κ3) is 4.71. The number of halogens is 4. The van der Waals surface area contributed by atoms with Crippen LogP contribution in [0.3, 0.4) is 0 Å². The lowest BCUT2D eigenvalue weighted by Crippen LogP contribution is -2.38. The van der Waals surface area contributed by atoms with Crippen molar-refractivity contribution in [1.29, 1.82) is 0 Å². The van der Waals surface area contributed by atoms with Gasteiger partial charge in [-0.2, -0.15) is 13.2 Å². The molecule has 1 fully saturated rings. The van der Waals surface area contributed by atoms with E-state index in [0.29, 0.717) is 37.5 Å². The Balaban J connectivity index is 1.60. The predicted octanol–water partition coefficient (Wildman–Crippen LogP) is 4.88. The first-order valence-corrected chi connectivity index (χ1v) is 8.88. The minimum Gasteiger partial charge on any atom is -0.426 e. The molecule has 1 aliphatic heterocycles. The van der Waals surface area contributed by atoms with E-state index in [-0.39, 0.29) is 16.9 Å². The summed E-state index contributed by atoms with van der Waals surface area (Å²) in [5.74, 6) is 0.233. The van der Waals surface area contributed by atoms with Crippen LogP contribution in [0.2, 0.25) is 5.02 Å². The number of anilines is 1. The lowest BCUT2D eigenvalue weighted by atomic mass is 9.97. The Hall–Kier alpha value is -2.28. The van der Waals surface area contributed by atoms with Crippen LogP contribution in [-0.4, -0.2) is 24.0 Å². The summed E-state index contributed by atoms with van der Waals surface area (Å²) in [6, 6.07) is 8.09. The highest BCUT2D eigenvalue weighted by atomic mass is 35.5. The van der Waals surface area contributed by atoms with Gasteiger partial charge in [-0.1, -0.05) is 29.3 Å². The van der Waals surface area contributed by atoms with Crippen molar-refractivity contribution in [2.24, 2.45) is 5.92 Å². The number of pyridine rings is 1. The van der Waals surface area contributed by atoms with Gasteiger partial charge in [-0.05, 0) is 38.0 Å². The first-order valence-electron chi connectivity index (χ1n) is 8.50. The van der Waals surface area contributed by atoms with Crippen LogP contribution in [0.15, 0.2) is 36.5 Å². The van der Waals surface area contributed by atoms with Crippen molar-refractivity contribution in [2.75, 3.05) is 18.0 Å². The third-order valence-electron chi connectivity index (χ3n) is 4.52. The van der Waals surface area contributed by atoms with Crippen molar-refractivity contribution in [3.8, 4) is 5.75 Å². The topological polar surface area (TPSA) is 42.4 Å². The predicted molar refractivity (Wildman–Crippen MR) is 96.0 cm³/mol. The lowest BCUT2D eigenvalue weighted by molar-refractivity contribution is -0.140. The highest BCUT2D eigenvalue weighted by Gasteiger charge is 2.33. The van der Waals surface area contributed by atoms with Gasteiger partial charge in [0.15, 0.2) is 0 Å². The minimum atomic E-state index is -4.48. The van der Waals surface area contributed by atoms with Crippen molar-refractivity contribution < 1.29 is 22.7 Å². The Morgan fingerprint density at radius 3 is 2.41 bits per heavy atom. The SMILES string of the molecule is Cc1ccc(OC(=O)C2CCN(c3ncc(C(F)(F)F)cc3Cl)CC2)cc1. The molecule has 1 aromatic heterocycles. The molecule has 8 heteroatoms. The fourth-order valence-electron chi connectivity index (χ4n) is 2.95. The van der Waals surface area contributed by atoms with E-state index in [1.165, 1.54) is 0 Å². The maximum Gasteiger partial charge on any atom is 0.417 e. The molecule has 0 aliphatic carbocycles. The Labute approximate surface area is 159 Å². The van der Waals surface area contributed by atoms with E-state index in [2.05, 4.69) is 4.98 Å². The van der Waals surface area contributed by atoms with Crippen LogP contribution in [0.25, 0.3) is 0 Å². The quantitative estimate of drug-likeness (QED) is 0.545. The van der Waals surface area contributed by atoms with Crippen molar-refractivity contribution in [3.63, 3.8) is 0 Å². The first-order chi connectivity index (χ1) is 12.7. The highest BCUT2D eigenvalue weighted by molar-refractivity contribution is 6.33. The molecule has 0 radical (unpaired) electrons. The van der Waals surface area contributed by atoms with Crippen LogP contribution >= 0.6 is 11.6 Å². The number of carbonyl (C=O) groups is 1. The molecular weight excluding hydrogens is 381 g/mol. The monoisotopic (exact) mass is 398 g/mol. The van der Waals surface area contributed by atoms with Crippen LogP contribution in [0, 0.1) is 12.8 Å². The molecule has 0 atom stereocenters. The van der Waals surface area contributed by atoms with Crippen molar-refractivity contribution in [3.05, 3.63) is 52.7 Å². The fraction of sp³-hybridized carbons (Fsp3) is 0.368. The number of ether oxygens (including phenoxy) is 1. The summed E-state index contributed by atoms with van der Waals surface area (Å²) in [7, 11) is 0. The van der Waals surface area contributed by atoms with Gasteiger partial charge in [-0.3, -0.25) is 4.79 Å². The smallest absolute Gasteiger partial charge is 0.417 e. The van der Waals surface area contributed by atoms with Gasteiger partial charge < -0.3 is 9.64 Å². The van der Waals surface area contributed by atoms with Gasteiger partial charge in [-0.25, -0.2) is 4.98 Å². The van der Waals surface area contributed by atoms with Crippen molar-refractivity contribution in [2.45, 2.75) is 25.9 Å². The number of aromatic nitrogens is 1. The minimum absolute atomic E-state index is 0.0505. The Kier molecular flexibility index (Phi) is 5.60. The second-order valence-corrected chi connectivity index (χ2v) is 6.93. The average molecular weight is 399 g/mol. The van der Waals surface area contributed by atoms with E-state index in [9.17, 15) is 18.0 Å². The molecule has 0 amide bonds. The number of hydrogen-bond acceptors (Lipinski definition) is 4. The van der Waals surface area contributed by atoms with E-state index in [0.717, 1.165) is 17.8 Å². The molecule has 1 saturated heterocycles. The van der Waals surface area contributed by atoms with E-state index < -0.39 is 11.7 Å². The van der Waals surface area contributed by atoms with E-state index in [1.54, 1.807) is 17.0 Å². The standard InChI is InChI=1S/C19H18ClF3N2O2/c1-12-2-4-15(5-3-12)27-18(26)13-6-8-25(9-7-13)17-16(20)10-14(11-24-17)19(21,22)23/h2-5,10-11,13H,6-9H2,1H3. The molecule has 144 valence electrons. The van der Waals surface area contributed by atoms with Crippen molar-refractivity contribution in [1.82, 2.24) is 4.98 Å². The number of rotatable bonds is 3. The zero-order valence-electron chi connectivity index (χ0n) is 14.6. The van der Waals surface area contributed by atoms with Gasteiger partial charge in [-0.15, -0.1) is 0 Å². The maximum absolute atomic E-state index is 12.7. The summed E-state index contributed by atoms with van der Waals surface area (Å²) in [6.07, 6.45) is -2.67. The van der Waals surface area contributed by atoms with Gasteiger partial charge in [0.05, 0.1) is 16.5 Å². The molecule has 1 aliphatic rings. The molecule has 1 aromatic carbocycles. The summed E-state index contributed by atoms with van der Waals surface area (Å²) in [4.78, 5) is 18.0. The molecular formula is C19H18ClF3N2O2. The second-order valence-electron chi connectivity index (χ2n) is 6.52. The number of piperidine rings is 1. The first kappa shape index (κ1) is 19.5. The van der Waals surface area contributed by atoms with Crippen LogP contribution in [-0.2, 0) is 11.0 Å². The Morgan fingerprint density at radius 2 is 1.85 bits per heavy atom. The molecule has 0 unspecified atom stereocenters. The van der Waals surface area contributed by atoms with Gasteiger partial charge in [0.2, 0.25) is 0 Å². The highest BCUT2D eigenvalue weighted by Crippen LogP contribution is 2.34. The maximum atomic E-state index is 12.7. The van der Waals surface area contributed by atoms with E-state index in [1.807, 2.05) is 19.1 Å². The molecule has 4 nitrogen and oxygen atoms in total. The summed E-state index contributed by atoms with van der Waals surface area (Å²) >= 11 is 5.99. The zero-order chi connectivity index (χ0) is 19.6. The van der Waals surface area contributed by atoms with Crippen LogP contribution < -0.4 is 9.64 Å². The summed E-state index contributed by atoms with van der Waals surface area (Å²) < 4.78 is 43.6. The molecule has 2 aromatic rings. The van der Waals surface area contributed by atoms with E-state index in [4.69, 9.17) is 16.3 Å². The number of aryl methyl sites for hydroxylation is 1. The number of nitrogens with zero attached hydrogens (tertiary/aromatic N) is 2. The molecule has 0 N–H and O–H groups in total. The third-order valence-corrected chi connectivity index (χ3v) is 4.79. The van der Waals surface area contributed by atoms with Crippen LogP contribution in [0.1, 0.15) is 24.0 Å². The molecule has 27 heavy (non-hydrogen) atoms. The summed E-state index contributed by atoms with van der Waals surface area (Å²) in [5, 5.41) is -0.0505. The summed E-state index contributed by atoms with van der Waals surface area (Å²) in [5.41, 5.74) is 0.192. The fourth-order valence-corrected chi connectivity index (χ4v) is 3.24. The molecule has 0 saturated carbocycles. The van der Waals surface area contributed by atoms with Gasteiger partial charge in [0, 0.05) is 19.3 Å². The van der Waals surface area contributed by atoms with Crippen LogP contribution in [0.5, 0.6) is 5.75 Å².